The van der Waals surface area contributed by atoms with Crippen molar-refractivity contribution in [2.45, 2.75) is 6.92 Å². The summed E-state index contributed by atoms with van der Waals surface area (Å²) in [6.07, 6.45) is 0. The maximum Gasteiger partial charge on any atom is 0.372 e. The van der Waals surface area contributed by atoms with Crippen LogP contribution in [0.25, 0.3) is 11.0 Å². The van der Waals surface area contributed by atoms with Crippen molar-refractivity contribution in [3.8, 4) is 0 Å². The van der Waals surface area contributed by atoms with Gasteiger partial charge >= 0.3 is 5.97 Å². The van der Waals surface area contributed by atoms with Gasteiger partial charge in [-0.2, -0.15) is 0 Å². The van der Waals surface area contributed by atoms with E-state index in [0.717, 1.165) is 37.3 Å². The average Bonchev–Trinajstić information content (AvgIpc) is 2.77. The molecule has 0 aliphatic carbocycles. The molecule has 0 spiro atoms. The highest BCUT2D eigenvalue weighted by Crippen LogP contribution is 2.29. The molecule has 0 bridgehead atoms. The molecule has 1 fully saturated rings. The number of carboxylic acid groups (broad SMARTS) is 1. The van der Waals surface area contributed by atoms with E-state index < -0.39 is 5.97 Å². The molecular weight excluding hydrogens is 244 g/mol. The lowest BCUT2D eigenvalue weighted by atomic mass is 10.1. The van der Waals surface area contributed by atoms with Crippen LogP contribution in [0.4, 0.5) is 5.69 Å². The summed E-state index contributed by atoms with van der Waals surface area (Å²) in [4.78, 5) is 13.4. The highest BCUT2D eigenvalue weighted by atomic mass is 16.4. The van der Waals surface area contributed by atoms with Crippen LogP contribution in [0.2, 0.25) is 0 Å². The monoisotopic (exact) mass is 260 g/mol. The van der Waals surface area contributed by atoms with E-state index >= 15 is 0 Å². The first-order valence-electron chi connectivity index (χ1n) is 6.39. The summed E-state index contributed by atoms with van der Waals surface area (Å²) in [5.41, 5.74) is 2.45. The zero-order chi connectivity index (χ0) is 13.4. The molecule has 2 N–H and O–H groups in total. The summed E-state index contributed by atoms with van der Waals surface area (Å²) in [5.74, 6) is -0.982. The van der Waals surface area contributed by atoms with Crippen LogP contribution >= 0.6 is 0 Å². The molecule has 100 valence electrons. The van der Waals surface area contributed by atoms with Crippen LogP contribution in [-0.2, 0) is 0 Å². The van der Waals surface area contributed by atoms with E-state index in [1.165, 1.54) is 0 Å². The molecule has 2 aromatic rings. The lowest BCUT2D eigenvalue weighted by molar-refractivity contribution is 0.0664. The fraction of sp³-hybridized carbons (Fsp3) is 0.357. The Bertz CT molecular complexity index is 627. The van der Waals surface area contributed by atoms with Crippen LogP contribution in [0.3, 0.4) is 0 Å². The van der Waals surface area contributed by atoms with Crippen LogP contribution in [0.5, 0.6) is 0 Å². The van der Waals surface area contributed by atoms with Gasteiger partial charge in [0.2, 0.25) is 5.76 Å². The van der Waals surface area contributed by atoms with E-state index in [-0.39, 0.29) is 5.76 Å². The third-order valence-electron chi connectivity index (χ3n) is 3.60. The normalized spacial score (nSPS) is 15.9. The largest absolute Gasteiger partial charge is 0.475 e. The minimum Gasteiger partial charge on any atom is -0.475 e. The van der Waals surface area contributed by atoms with Crippen LogP contribution < -0.4 is 10.2 Å². The van der Waals surface area contributed by atoms with Crippen molar-refractivity contribution < 1.29 is 14.3 Å². The zero-order valence-corrected chi connectivity index (χ0v) is 10.8. The topological polar surface area (TPSA) is 65.7 Å². The van der Waals surface area contributed by atoms with Crippen LogP contribution in [0.15, 0.2) is 22.6 Å². The van der Waals surface area contributed by atoms with Crippen LogP contribution in [-0.4, -0.2) is 37.3 Å². The van der Waals surface area contributed by atoms with Crippen molar-refractivity contribution in [3.63, 3.8) is 0 Å². The number of fused-ring (bicyclic) bond motifs is 1. The van der Waals surface area contributed by atoms with Gasteiger partial charge in [0, 0.05) is 42.8 Å². The molecular formula is C14H16N2O3. The molecule has 0 saturated carbocycles. The molecule has 1 aromatic heterocycles. The number of hydrogen-bond acceptors (Lipinski definition) is 4. The third-order valence-corrected chi connectivity index (χ3v) is 3.60. The maximum atomic E-state index is 11.1. The quantitative estimate of drug-likeness (QED) is 0.862. The number of nitrogens with zero attached hydrogens (tertiary/aromatic N) is 1. The van der Waals surface area contributed by atoms with Crippen molar-refractivity contribution in [3.05, 3.63) is 29.5 Å². The highest BCUT2D eigenvalue weighted by molar-refractivity contribution is 5.96. The van der Waals surface area contributed by atoms with Crippen LogP contribution in [0, 0.1) is 6.92 Å². The zero-order valence-electron chi connectivity index (χ0n) is 10.8. The Kier molecular flexibility index (Phi) is 2.91. The Balaban J connectivity index is 2.04. The Hall–Kier alpha value is -2.01. The summed E-state index contributed by atoms with van der Waals surface area (Å²) >= 11 is 0. The molecule has 19 heavy (non-hydrogen) atoms. The summed E-state index contributed by atoms with van der Waals surface area (Å²) in [7, 11) is 0. The Labute approximate surface area is 110 Å². The third kappa shape index (κ3) is 2.06. The first-order chi connectivity index (χ1) is 9.16. The molecule has 5 nitrogen and oxygen atoms in total. The van der Waals surface area contributed by atoms with Gasteiger partial charge in [-0.05, 0) is 25.1 Å². The second-order valence-electron chi connectivity index (χ2n) is 4.78. The average molecular weight is 260 g/mol. The van der Waals surface area contributed by atoms with E-state index in [1.54, 1.807) is 6.92 Å². The minimum absolute atomic E-state index is 0.0347. The summed E-state index contributed by atoms with van der Waals surface area (Å²) in [5, 5.41) is 13.3. The number of aryl methyl sites for hydroxylation is 1. The number of anilines is 1. The highest BCUT2D eigenvalue weighted by Gasteiger charge is 2.18. The minimum atomic E-state index is -1.02. The van der Waals surface area contributed by atoms with Gasteiger partial charge in [-0.25, -0.2) is 4.79 Å². The first-order valence-corrected chi connectivity index (χ1v) is 6.39. The Morgan fingerprint density at radius 1 is 1.37 bits per heavy atom. The fourth-order valence-corrected chi connectivity index (χ4v) is 2.53. The predicted octanol–water partition coefficient (Wildman–Crippen LogP) is 1.85. The predicted molar refractivity (Wildman–Crippen MR) is 73.0 cm³/mol. The van der Waals surface area contributed by atoms with Gasteiger partial charge in [0.05, 0.1) is 0 Å². The van der Waals surface area contributed by atoms with Gasteiger partial charge in [-0.1, -0.05) is 0 Å². The molecule has 5 heteroatoms. The number of carbonyl (C=O) groups is 1. The lowest BCUT2D eigenvalue weighted by Gasteiger charge is -2.29. The first kappa shape index (κ1) is 12.0. The number of piperazine rings is 1. The van der Waals surface area contributed by atoms with E-state index in [0.29, 0.717) is 11.1 Å². The second kappa shape index (κ2) is 4.59. The molecule has 0 unspecified atom stereocenters. The summed E-state index contributed by atoms with van der Waals surface area (Å²) in [6.45, 7) is 5.67. The molecule has 1 saturated heterocycles. The van der Waals surface area contributed by atoms with E-state index in [2.05, 4.69) is 10.2 Å². The van der Waals surface area contributed by atoms with E-state index in [4.69, 9.17) is 9.52 Å². The van der Waals surface area contributed by atoms with Gasteiger partial charge in [0.25, 0.3) is 0 Å². The van der Waals surface area contributed by atoms with Gasteiger partial charge < -0.3 is 19.7 Å². The van der Waals surface area contributed by atoms with Gasteiger partial charge in [0.15, 0.2) is 0 Å². The van der Waals surface area contributed by atoms with Gasteiger partial charge in [-0.15, -0.1) is 0 Å². The van der Waals surface area contributed by atoms with Crippen molar-refractivity contribution in [2.75, 3.05) is 31.1 Å². The molecule has 0 atom stereocenters. The maximum absolute atomic E-state index is 11.1. The number of hydrogen-bond donors (Lipinski definition) is 2. The fourth-order valence-electron chi connectivity index (χ4n) is 2.53. The smallest absolute Gasteiger partial charge is 0.372 e. The van der Waals surface area contributed by atoms with Crippen molar-refractivity contribution in [1.82, 2.24) is 5.32 Å². The van der Waals surface area contributed by atoms with E-state index in [1.807, 2.05) is 18.2 Å². The van der Waals surface area contributed by atoms with Crippen molar-refractivity contribution in [2.24, 2.45) is 0 Å². The summed E-state index contributed by atoms with van der Waals surface area (Å²) < 4.78 is 5.37. The number of nitrogens with one attached hydrogen (secondary N) is 1. The van der Waals surface area contributed by atoms with Crippen LogP contribution in [0.1, 0.15) is 16.1 Å². The molecule has 0 amide bonds. The standard InChI is InChI=1S/C14H16N2O3/c1-9-11-8-10(16-6-4-15-5-7-16)2-3-12(11)19-13(9)14(17)18/h2-3,8,15H,4-7H2,1H3,(H,17,18). The number of carboxylic acids is 1. The molecule has 2 heterocycles. The lowest BCUT2D eigenvalue weighted by Crippen LogP contribution is -2.43. The van der Waals surface area contributed by atoms with Crippen molar-refractivity contribution in [1.29, 1.82) is 0 Å². The molecule has 3 rings (SSSR count). The number of aromatic carboxylic acids is 1. The molecule has 1 aromatic carbocycles. The van der Waals surface area contributed by atoms with E-state index in [9.17, 15) is 4.79 Å². The van der Waals surface area contributed by atoms with Crippen molar-refractivity contribution >= 4 is 22.6 Å². The Morgan fingerprint density at radius 2 is 2.11 bits per heavy atom. The SMILES string of the molecule is Cc1c(C(=O)O)oc2ccc(N3CCNCC3)cc12. The van der Waals surface area contributed by atoms with Gasteiger partial charge in [0.1, 0.15) is 5.58 Å². The Morgan fingerprint density at radius 3 is 2.79 bits per heavy atom. The number of furan rings is 1. The summed E-state index contributed by atoms with van der Waals surface area (Å²) in [6, 6.07) is 5.86. The number of rotatable bonds is 2. The second-order valence-corrected chi connectivity index (χ2v) is 4.78. The number of benzene rings is 1. The molecule has 1 aliphatic heterocycles. The molecule has 0 radical (unpaired) electrons. The molecule has 1 aliphatic rings. The van der Waals surface area contributed by atoms with Gasteiger partial charge in [-0.3, -0.25) is 0 Å².